The van der Waals surface area contributed by atoms with E-state index in [0.717, 1.165) is 37.0 Å². The Balaban J connectivity index is 1.82. The van der Waals surface area contributed by atoms with E-state index in [4.69, 9.17) is 4.98 Å². The molecule has 0 saturated carbocycles. The van der Waals surface area contributed by atoms with Crippen LogP contribution in [0.4, 0.5) is 19.0 Å². The Kier molecular flexibility index (Phi) is 7.98. The SMILES string of the molecule is CCCCC(C)Cc1nc(-c2ccc(F)cc2)cnc1NC(=O)Cc1ccc(F)c(F)c1. The number of hydrogen-bond donors (Lipinski definition) is 1. The van der Waals surface area contributed by atoms with Gasteiger partial charge in [-0.1, -0.05) is 39.2 Å². The summed E-state index contributed by atoms with van der Waals surface area (Å²) < 4.78 is 39.9. The van der Waals surface area contributed by atoms with E-state index >= 15 is 0 Å². The molecule has 0 bridgehead atoms. The fraction of sp³-hybridized carbons (Fsp3) is 0.320. The second-order valence-corrected chi connectivity index (χ2v) is 7.98. The fourth-order valence-electron chi connectivity index (χ4n) is 3.43. The Bertz CT molecular complexity index is 1070. The highest BCUT2D eigenvalue weighted by Gasteiger charge is 2.16. The minimum Gasteiger partial charge on any atom is -0.309 e. The van der Waals surface area contributed by atoms with E-state index in [-0.39, 0.29) is 12.2 Å². The van der Waals surface area contributed by atoms with Crippen LogP contribution in [0.5, 0.6) is 0 Å². The average Bonchev–Trinajstić information content (AvgIpc) is 2.76. The van der Waals surface area contributed by atoms with Gasteiger partial charge in [-0.25, -0.2) is 23.1 Å². The van der Waals surface area contributed by atoms with Crippen LogP contribution in [0, 0.1) is 23.4 Å². The van der Waals surface area contributed by atoms with Crippen LogP contribution in [0.3, 0.4) is 0 Å². The predicted octanol–water partition coefficient (Wildman–Crippen LogP) is 6.11. The van der Waals surface area contributed by atoms with Crippen LogP contribution < -0.4 is 5.32 Å². The summed E-state index contributed by atoms with van der Waals surface area (Å²) in [6, 6.07) is 9.35. The first kappa shape index (κ1) is 23.4. The summed E-state index contributed by atoms with van der Waals surface area (Å²) in [5, 5.41) is 2.75. The number of aromatic nitrogens is 2. The second-order valence-electron chi connectivity index (χ2n) is 7.98. The third-order valence-electron chi connectivity index (χ3n) is 5.18. The molecule has 1 amide bonds. The van der Waals surface area contributed by atoms with Crippen molar-refractivity contribution in [2.24, 2.45) is 5.92 Å². The molecule has 0 radical (unpaired) electrons. The number of unbranched alkanes of at least 4 members (excludes halogenated alkanes) is 1. The first-order valence-electron chi connectivity index (χ1n) is 10.7. The largest absolute Gasteiger partial charge is 0.309 e. The van der Waals surface area contributed by atoms with Crippen molar-refractivity contribution >= 4 is 11.7 Å². The smallest absolute Gasteiger partial charge is 0.229 e. The highest BCUT2D eigenvalue weighted by Crippen LogP contribution is 2.24. The lowest BCUT2D eigenvalue weighted by atomic mass is 9.98. The summed E-state index contributed by atoms with van der Waals surface area (Å²) in [5.74, 6) is -2.02. The number of halogens is 3. The fourth-order valence-corrected chi connectivity index (χ4v) is 3.43. The molecule has 0 aliphatic heterocycles. The standard InChI is InChI=1S/C25H26F3N3O/c1-3-4-5-16(2)12-22-25(29-15-23(30-22)18-7-9-19(26)10-8-18)31-24(32)14-17-6-11-20(27)21(28)13-17/h6-11,13,15-16H,3-5,12,14H2,1-2H3,(H,29,31,32). The van der Waals surface area contributed by atoms with E-state index in [2.05, 4.69) is 24.1 Å². The van der Waals surface area contributed by atoms with Gasteiger partial charge in [-0.05, 0) is 54.3 Å². The molecule has 0 aliphatic rings. The van der Waals surface area contributed by atoms with Gasteiger partial charge in [0.15, 0.2) is 17.5 Å². The average molecular weight is 441 g/mol. The minimum absolute atomic E-state index is 0.122. The molecular weight excluding hydrogens is 415 g/mol. The van der Waals surface area contributed by atoms with E-state index in [1.165, 1.54) is 24.4 Å². The molecule has 168 valence electrons. The molecule has 1 atom stereocenters. The maximum absolute atomic E-state index is 13.4. The number of benzene rings is 2. The molecule has 7 heteroatoms. The van der Waals surface area contributed by atoms with Crippen molar-refractivity contribution in [1.29, 1.82) is 0 Å². The molecule has 0 fully saturated rings. The van der Waals surface area contributed by atoms with Gasteiger partial charge in [-0.2, -0.15) is 0 Å². The molecule has 1 N–H and O–H groups in total. The number of rotatable bonds is 9. The van der Waals surface area contributed by atoms with Crippen LogP contribution in [0.25, 0.3) is 11.3 Å². The zero-order valence-corrected chi connectivity index (χ0v) is 18.2. The monoisotopic (exact) mass is 441 g/mol. The van der Waals surface area contributed by atoms with Gasteiger partial charge in [0.2, 0.25) is 5.91 Å². The zero-order chi connectivity index (χ0) is 23.1. The molecular formula is C25H26F3N3O. The Labute approximate surface area is 185 Å². The predicted molar refractivity (Wildman–Crippen MR) is 119 cm³/mol. The number of nitrogens with one attached hydrogen (secondary N) is 1. The number of nitrogens with zero attached hydrogens (tertiary/aromatic N) is 2. The summed E-state index contributed by atoms with van der Waals surface area (Å²) in [4.78, 5) is 21.6. The van der Waals surface area contributed by atoms with Gasteiger partial charge in [0.05, 0.1) is 24.0 Å². The van der Waals surface area contributed by atoms with Crippen molar-refractivity contribution in [2.75, 3.05) is 5.32 Å². The molecule has 3 aromatic rings. The molecule has 4 nitrogen and oxygen atoms in total. The van der Waals surface area contributed by atoms with Crippen LogP contribution in [0.2, 0.25) is 0 Å². The van der Waals surface area contributed by atoms with Crippen LogP contribution >= 0.6 is 0 Å². The molecule has 2 aromatic carbocycles. The van der Waals surface area contributed by atoms with E-state index in [1.54, 1.807) is 12.1 Å². The minimum atomic E-state index is -0.996. The van der Waals surface area contributed by atoms with Crippen LogP contribution in [0.1, 0.15) is 44.4 Å². The first-order valence-corrected chi connectivity index (χ1v) is 10.7. The Morgan fingerprint density at radius 1 is 1.06 bits per heavy atom. The summed E-state index contributed by atoms with van der Waals surface area (Å²) in [6.45, 7) is 4.25. The normalized spacial score (nSPS) is 11.9. The van der Waals surface area contributed by atoms with Crippen molar-refractivity contribution < 1.29 is 18.0 Å². The van der Waals surface area contributed by atoms with Gasteiger partial charge in [0.1, 0.15) is 5.82 Å². The van der Waals surface area contributed by atoms with E-state index in [9.17, 15) is 18.0 Å². The molecule has 1 heterocycles. The molecule has 1 aromatic heterocycles. The Morgan fingerprint density at radius 3 is 2.50 bits per heavy atom. The van der Waals surface area contributed by atoms with Crippen molar-refractivity contribution in [3.05, 3.63) is 77.4 Å². The third kappa shape index (κ3) is 6.39. The molecule has 0 aliphatic carbocycles. The maximum Gasteiger partial charge on any atom is 0.229 e. The third-order valence-corrected chi connectivity index (χ3v) is 5.18. The lowest BCUT2D eigenvalue weighted by Crippen LogP contribution is -2.18. The van der Waals surface area contributed by atoms with Crippen molar-refractivity contribution in [2.45, 2.75) is 46.0 Å². The number of carbonyl (C=O) groups is 1. The molecule has 0 spiro atoms. The highest BCUT2D eigenvalue weighted by molar-refractivity contribution is 5.92. The number of amides is 1. The second kappa shape index (κ2) is 10.9. The number of anilines is 1. The van der Waals surface area contributed by atoms with Crippen molar-refractivity contribution in [3.63, 3.8) is 0 Å². The van der Waals surface area contributed by atoms with Gasteiger partial charge >= 0.3 is 0 Å². The van der Waals surface area contributed by atoms with Crippen LogP contribution in [-0.2, 0) is 17.6 Å². The lowest BCUT2D eigenvalue weighted by Gasteiger charge is -2.15. The molecule has 32 heavy (non-hydrogen) atoms. The zero-order valence-electron chi connectivity index (χ0n) is 18.2. The summed E-state index contributed by atoms with van der Waals surface area (Å²) in [5.41, 5.74) is 2.30. The first-order chi connectivity index (χ1) is 15.4. The number of hydrogen-bond acceptors (Lipinski definition) is 3. The lowest BCUT2D eigenvalue weighted by molar-refractivity contribution is -0.115. The van der Waals surface area contributed by atoms with Gasteiger partial charge in [-0.3, -0.25) is 4.79 Å². The Hall–Kier alpha value is -3.22. The van der Waals surface area contributed by atoms with Crippen molar-refractivity contribution in [1.82, 2.24) is 9.97 Å². The Morgan fingerprint density at radius 2 is 1.81 bits per heavy atom. The number of carbonyl (C=O) groups excluding carboxylic acids is 1. The summed E-state index contributed by atoms with van der Waals surface area (Å²) >= 11 is 0. The maximum atomic E-state index is 13.4. The topological polar surface area (TPSA) is 54.9 Å². The van der Waals surface area contributed by atoms with E-state index in [0.29, 0.717) is 35.1 Å². The molecule has 3 rings (SSSR count). The van der Waals surface area contributed by atoms with Crippen molar-refractivity contribution in [3.8, 4) is 11.3 Å². The van der Waals surface area contributed by atoms with Gasteiger partial charge in [0, 0.05) is 5.56 Å². The van der Waals surface area contributed by atoms with Crippen LogP contribution in [-0.4, -0.2) is 15.9 Å². The van der Waals surface area contributed by atoms with Gasteiger partial charge in [-0.15, -0.1) is 0 Å². The molecule has 1 unspecified atom stereocenters. The molecule has 0 saturated heterocycles. The quantitative estimate of drug-likeness (QED) is 0.436. The van der Waals surface area contributed by atoms with Crippen LogP contribution in [0.15, 0.2) is 48.7 Å². The van der Waals surface area contributed by atoms with Gasteiger partial charge in [0.25, 0.3) is 0 Å². The van der Waals surface area contributed by atoms with E-state index in [1.807, 2.05) is 0 Å². The van der Waals surface area contributed by atoms with Gasteiger partial charge < -0.3 is 5.32 Å². The highest BCUT2D eigenvalue weighted by atomic mass is 19.2. The van der Waals surface area contributed by atoms with E-state index < -0.39 is 17.5 Å². The summed E-state index contributed by atoms with van der Waals surface area (Å²) in [6.07, 6.45) is 5.21. The summed E-state index contributed by atoms with van der Waals surface area (Å²) in [7, 11) is 0.